The van der Waals surface area contributed by atoms with Gasteiger partial charge in [0.1, 0.15) is 0 Å². The Balaban J connectivity index is 1.63. The van der Waals surface area contributed by atoms with Gasteiger partial charge in [0.25, 0.3) is 0 Å². The van der Waals surface area contributed by atoms with Gasteiger partial charge in [0, 0.05) is 10.7 Å². The minimum absolute atomic E-state index is 0.221. The molecule has 1 fully saturated rings. The van der Waals surface area contributed by atoms with Crippen LogP contribution in [0.2, 0.25) is 5.02 Å². The number of rotatable bonds is 5. The molecule has 0 bridgehead atoms. The average molecular weight is 387 g/mol. The van der Waals surface area contributed by atoms with Crippen molar-refractivity contribution in [2.24, 2.45) is 11.8 Å². The number of hydrogen-bond acceptors (Lipinski definition) is 4. The van der Waals surface area contributed by atoms with Crippen LogP contribution in [0, 0.1) is 18.8 Å². The standard InChI is InChI=1S/C20H19ClN2O4/c1-11-15(21)7-5-9-16(11)22-18(24)13-10-14(13)19(25)23-17-8-4-3-6-12(17)20(26)27-2/h3-9,13-14H,10H2,1-2H3,(H,22,24)(H,23,25). The van der Waals surface area contributed by atoms with E-state index in [4.69, 9.17) is 16.3 Å². The molecule has 2 unspecified atom stereocenters. The third kappa shape index (κ3) is 4.11. The summed E-state index contributed by atoms with van der Waals surface area (Å²) in [6.45, 7) is 1.82. The molecule has 0 radical (unpaired) electrons. The van der Waals surface area contributed by atoms with Crippen molar-refractivity contribution < 1.29 is 19.1 Å². The molecule has 1 saturated carbocycles. The van der Waals surface area contributed by atoms with Crippen LogP contribution in [0.4, 0.5) is 11.4 Å². The summed E-state index contributed by atoms with van der Waals surface area (Å²) in [6.07, 6.45) is 0.456. The zero-order valence-corrected chi connectivity index (χ0v) is 15.7. The number of halogens is 1. The van der Waals surface area contributed by atoms with E-state index in [1.807, 2.05) is 6.92 Å². The summed E-state index contributed by atoms with van der Waals surface area (Å²) >= 11 is 6.06. The number of esters is 1. The molecule has 2 atom stereocenters. The lowest BCUT2D eigenvalue weighted by molar-refractivity contribution is -0.122. The summed E-state index contributed by atoms with van der Waals surface area (Å²) < 4.78 is 4.72. The molecule has 2 N–H and O–H groups in total. The van der Waals surface area contributed by atoms with Crippen LogP contribution in [0.15, 0.2) is 42.5 Å². The molecule has 0 aromatic heterocycles. The van der Waals surface area contributed by atoms with Gasteiger partial charge in [-0.15, -0.1) is 0 Å². The van der Waals surface area contributed by atoms with Gasteiger partial charge < -0.3 is 15.4 Å². The summed E-state index contributed by atoms with van der Waals surface area (Å²) in [4.78, 5) is 36.7. The Hall–Kier alpha value is -2.86. The van der Waals surface area contributed by atoms with E-state index in [1.54, 1.807) is 42.5 Å². The second-order valence-corrected chi connectivity index (χ2v) is 6.78. The highest BCUT2D eigenvalue weighted by atomic mass is 35.5. The fraction of sp³-hybridized carbons (Fsp3) is 0.250. The highest BCUT2D eigenvalue weighted by Crippen LogP contribution is 2.40. The Bertz CT molecular complexity index is 913. The fourth-order valence-corrected chi connectivity index (χ4v) is 3.02. The van der Waals surface area contributed by atoms with Gasteiger partial charge in [0.05, 0.1) is 30.2 Å². The third-order valence-electron chi connectivity index (χ3n) is 4.58. The van der Waals surface area contributed by atoms with Crippen molar-refractivity contribution in [3.05, 3.63) is 58.6 Å². The largest absolute Gasteiger partial charge is 0.465 e. The van der Waals surface area contributed by atoms with E-state index in [0.29, 0.717) is 22.8 Å². The molecule has 0 aliphatic heterocycles. The van der Waals surface area contributed by atoms with Crippen molar-refractivity contribution in [3.63, 3.8) is 0 Å². The number of ether oxygens (including phenoxy) is 1. The summed E-state index contributed by atoms with van der Waals surface area (Å²) in [5, 5.41) is 6.11. The average Bonchev–Trinajstić information content (AvgIpc) is 3.46. The van der Waals surface area contributed by atoms with Crippen molar-refractivity contribution in [2.75, 3.05) is 17.7 Å². The lowest BCUT2D eigenvalue weighted by Crippen LogP contribution is -2.22. The van der Waals surface area contributed by atoms with Crippen LogP contribution in [0.3, 0.4) is 0 Å². The number of hydrogen-bond donors (Lipinski definition) is 2. The van der Waals surface area contributed by atoms with Crippen molar-refractivity contribution in [1.82, 2.24) is 0 Å². The van der Waals surface area contributed by atoms with Gasteiger partial charge in [-0.2, -0.15) is 0 Å². The number of carbonyl (C=O) groups excluding carboxylic acids is 3. The maximum absolute atomic E-state index is 12.5. The number of benzene rings is 2. The molecule has 0 spiro atoms. The lowest BCUT2D eigenvalue weighted by Gasteiger charge is -2.10. The van der Waals surface area contributed by atoms with Gasteiger partial charge in [-0.05, 0) is 43.2 Å². The van der Waals surface area contributed by atoms with Crippen LogP contribution in [0.25, 0.3) is 0 Å². The van der Waals surface area contributed by atoms with Crippen molar-refractivity contribution >= 4 is 40.8 Å². The molecule has 7 heteroatoms. The van der Waals surface area contributed by atoms with E-state index in [-0.39, 0.29) is 17.4 Å². The monoisotopic (exact) mass is 386 g/mol. The summed E-state index contributed by atoms with van der Waals surface area (Å²) in [5.41, 5.74) is 2.05. The van der Waals surface area contributed by atoms with Crippen LogP contribution in [-0.2, 0) is 14.3 Å². The van der Waals surface area contributed by atoms with Gasteiger partial charge in [-0.3, -0.25) is 9.59 Å². The van der Waals surface area contributed by atoms with Gasteiger partial charge in [0.15, 0.2) is 0 Å². The first-order valence-corrected chi connectivity index (χ1v) is 8.84. The molecule has 2 aromatic rings. The van der Waals surface area contributed by atoms with Crippen LogP contribution in [-0.4, -0.2) is 24.9 Å². The number of anilines is 2. The molecule has 0 heterocycles. The van der Waals surface area contributed by atoms with E-state index < -0.39 is 17.8 Å². The number of methoxy groups -OCH3 is 1. The van der Waals surface area contributed by atoms with Crippen LogP contribution < -0.4 is 10.6 Å². The second-order valence-electron chi connectivity index (χ2n) is 6.38. The zero-order valence-electron chi connectivity index (χ0n) is 14.9. The predicted molar refractivity (Wildman–Crippen MR) is 103 cm³/mol. The Labute approximate surface area is 161 Å². The van der Waals surface area contributed by atoms with E-state index in [1.165, 1.54) is 7.11 Å². The first-order chi connectivity index (χ1) is 12.9. The number of amides is 2. The highest BCUT2D eigenvalue weighted by molar-refractivity contribution is 6.31. The Morgan fingerprint density at radius 3 is 2.22 bits per heavy atom. The number of nitrogens with one attached hydrogen (secondary N) is 2. The molecular weight excluding hydrogens is 368 g/mol. The highest BCUT2D eigenvalue weighted by Gasteiger charge is 2.48. The molecule has 3 rings (SSSR count). The van der Waals surface area contributed by atoms with Crippen LogP contribution in [0.5, 0.6) is 0 Å². The minimum atomic E-state index is -0.535. The normalized spacial score (nSPS) is 17.7. The number of carbonyl (C=O) groups is 3. The number of para-hydroxylation sites is 1. The molecular formula is C20H19ClN2O4. The van der Waals surface area contributed by atoms with E-state index in [9.17, 15) is 14.4 Å². The SMILES string of the molecule is COC(=O)c1ccccc1NC(=O)C1CC1C(=O)Nc1cccc(Cl)c1C. The van der Waals surface area contributed by atoms with Gasteiger partial charge in [0.2, 0.25) is 11.8 Å². The van der Waals surface area contributed by atoms with Crippen molar-refractivity contribution in [2.45, 2.75) is 13.3 Å². The summed E-state index contributed by atoms with van der Waals surface area (Å²) in [7, 11) is 1.28. The fourth-order valence-electron chi connectivity index (χ4n) is 2.85. The Kier molecular flexibility index (Phi) is 5.46. The summed E-state index contributed by atoms with van der Waals surface area (Å²) in [5.74, 6) is -1.90. The first-order valence-electron chi connectivity index (χ1n) is 8.46. The topological polar surface area (TPSA) is 84.5 Å². The second kappa shape index (κ2) is 7.80. The lowest BCUT2D eigenvalue weighted by atomic mass is 10.1. The predicted octanol–water partition coefficient (Wildman–Crippen LogP) is 3.65. The first kappa shape index (κ1) is 18.9. The molecule has 1 aliphatic carbocycles. The molecule has 2 amide bonds. The van der Waals surface area contributed by atoms with Gasteiger partial charge in [-0.1, -0.05) is 29.8 Å². The Morgan fingerprint density at radius 2 is 1.56 bits per heavy atom. The molecule has 0 saturated heterocycles. The van der Waals surface area contributed by atoms with Gasteiger partial charge >= 0.3 is 5.97 Å². The Morgan fingerprint density at radius 1 is 0.963 bits per heavy atom. The summed E-state index contributed by atoms with van der Waals surface area (Å²) in [6, 6.07) is 11.9. The van der Waals surface area contributed by atoms with Crippen LogP contribution in [0.1, 0.15) is 22.3 Å². The van der Waals surface area contributed by atoms with Crippen LogP contribution >= 0.6 is 11.6 Å². The molecule has 2 aromatic carbocycles. The molecule has 27 heavy (non-hydrogen) atoms. The van der Waals surface area contributed by atoms with E-state index >= 15 is 0 Å². The quantitative estimate of drug-likeness (QED) is 0.768. The zero-order chi connectivity index (χ0) is 19.6. The maximum Gasteiger partial charge on any atom is 0.339 e. The maximum atomic E-state index is 12.5. The third-order valence-corrected chi connectivity index (χ3v) is 4.99. The molecule has 140 valence electrons. The molecule has 6 nitrogen and oxygen atoms in total. The van der Waals surface area contributed by atoms with Crippen molar-refractivity contribution in [1.29, 1.82) is 0 Å². The van der Waals surface area contributed by atoms with Gasteiger partial charge in [-0.25, -0.2) is 4.79 Å². The van der Waals surface area contributed by atoms with E-state index in [0.717, 1.165) is 5.56 Å². The smallest absolute Gasteiger partial charge is 0.339 e. The van der Waals surface area contributed by atoms with E-state index in [2.05, 4.69) is 10.6 Å². The van der Waals surface area contributed by atoms with Crippen molar-refractivity contribution in [3.8, 4) is 0 Å². The minimum Gasteiger partial charge on any atom is -0.465 e. The molecule has 1 aliphatic rings.